The molecule has 1 aliphatic heterocycles. The maximum absolute atomic E-state index is 13.0. The average Bonchev–Trinajstić information content (AvgIpc) is 2.59. The molecule has 1 atom stereocenters. The van der Waals surface area contributed by atoms with Gasteiger partial charge in [0.1, 0.15) is 0 Å². The Labute approximate surface area is 142 Å². The van der Waals surface area contributed by atoms with Crippen molar-refractivity contribution in [2.45, 2.75) is 18.5 Å². The van der Waals surface area contributed by atoms with E-state index in [1.54, 1.807) is 18.2 Å². The third kappa shape index (κ3) is 3.26. The lowest BCUT2D eigenvalue weighted by atomic mass is 9.84. The molecule has 132 valence electrons. The maximum Gasteiger partial charge on any atom is 0.416 e. The van der Waals surface area contributed by atoms with Gasteiger partial charge in [-0.05, 0) is 23.3 Å². The fourth-order valence-corrected chi connectivity index (χ4v) is 3.02. The van der Waals surface area contributed by atoms with Crippen LogP contribution in [0.4, 0.5) is 18.9 Å². The molecule has 0 radical (unpaired) electrons. The number of fused-ring (bicyclic) bond motifs is 1. The van der Waals surface area contributed by atoms with Crippen LogP contribution in [-0.4, -0.2) is 20.1 Å². The fraction of sp³-hybridized carbons (Fsp3) is 0.278. The van der Waals surface area contributed by atoms with Gasteiger partial charge in [-0.3, -0.25) is 4.79 Å². The summed E-state index contributed by atoms with van der Waals surface area (Å²) in [5, 5.41) is 2.73. The van der Waals surface area contributed by atoms with Crippen LogP contribution in [0, 0.1) is 0 Å². The van der Waals surface area contributed by atoms with Crippen molar-refractivity contribution in [3.8, 4) is 11.5 Å². The Morgan fingerprint density at radius 2 is 1.76 bits per heavy atom. The largest absolute Gasteiger partial charge is 0.493 e. The highest BCUT2D eigenvalue weighted by atomic mass is 19.4. The summed E-state index contributed by atoms with van der Waals surface area (Å²) >= 11 is 0. The summed E-state index contributed by atoms with van der Waals surface area (Å²) in [5.74, 6) is 0.133. The first-order valence-corrected chi connectivity index (χ1v) is 7.56. The molecule has 3 rings (SSSR count). The van der Waals surface area contributed by atoms with Gasteiger partial charge in [-0.25, -0.2) is 0 Å². The van der Waals surface area contributed by atoms with Crippen molar-refractivity contribution in [2.24, 2.45) is 0 Å². The van der Waals surface area contributed by atoms with Crippen molar-refractivity contribution in [2.75, 3.05) is 19.5 Å². The van der Waals surface area contributed by atoms with E-state index in [0.717, 1.165) is 12.1 Å². The molecule has 0 aromatic heterocycles. The van der Waals surface area contributed by atoms with Gasteiger partial charge in [-0.2, -0.15) is 13.2 Å². The van der Waals surface area contributed by atoms with E-state index in [1.165, 1.54) is 20.3 Å². The molecule has 25 heavy (non-hydrogen) atoms. The number of amides is 1. The first-order valence-electron chi connectivity index (χ1n) is 7.56. The molecule has 0 aliphatic carbocycles. The van der Waals surface area contributed by atoms with Crippen LogP contribution in [0.1, 0.15) is 29.0 Å². The van der Waals surface area contributed by atoms with Gasteiger partial charge < -0.3 is 14.8 Å². The number of hydrogen-bond donors (Lipinski definition) is 1. The molecule has 0 bridgehead atoms. The van der Waals surface area contributed by atoms with Gasteiger partial charge >= 0.3 is 6.18 Å². The molecule has 0 saturated carbocycles. The molecule has 1 aliphatic rings. The lowest BCUT2D eigenvalue weighted by Crippen LogP contribution is -2.24. The monoisotopic (exact) mass is 351 g/mol. The van der Waals surface area contributed by atoms with Crippen LogP contribution in [-0.2, 0) is 11.0 Å². The van der Waals surface area contributed by atoms with Gasteiger partial charge in [-0.1, -0.05) is 18.2 Å². The van der Waals surface area contributed by atoms with Gasteiger partial charge in [-0.15, -0.1) is 0 Å². The summed E-state index contributed by atoms with van der Waals surface area (Å²) in [7, 11) is 2.95. The number of methoxy groups -OCH3 is 2. The standard InChI is InChI=1S/C18H16F3NO3/c1-24-15-7-13-12(8-17(23)22-14(13)9-16(15)25-2)10-4-3-5-11(6-10)18(19,20)21/h3-7,9,12H,8H2,1-2H3,(H,22,23)/t12-/m1/s1. The number of benzene rings is 2. The molecule has 0 saturated heterocycles. The lowest BCUT2D eigenvalue weighted by Gasteiger charge is -2.27. The fourth-order valence-electron chi connectivity index (χ4n) is 3.02. The molecule has 1 heterocycles. The van der Waals surface area contributed by atoms with Crippen molar-refractivity contribution < 1.29 is 27.4 Å². The molecule has 7 heteroatoms. The second kappa shape index (κ2) is 6.31. The van der Waals surface area contributed by atoms with Crippen LogP contribution < -0.4 is 14.8 Å². The number of anilines is 1. The van der Waals surface area contributed by atoms with Crippen LogP contribution in [0.5, 0.6) is 11.5 Å². The number of nitrogens with one attached hydrogen (secondary N) is 1. The zero-order chi connectivity index (χ0) is 18.2. The summed E-state index contributed by atoms with van der Waals surface area (Å²) in [6.07, 6.45) is -4.38. The Morgan fingerprint density at radius 1 is 1.08 bits per heavy atom. The Kier molecular flexibility index (Phi) is 4.32. The number of hydrogen-bond acceptors (Lipinski definition) is 3. The van der Waals surface area contributed by atoms with Crippen LogP contribution >= 0.6 is 0 Å². The maximum atomic E-state index is 13.0. The minimum absolute atomic E-state index is 0.0593. The molecule has 2 aromatic rings. The van der Waals surface area contributed by atoms with Gasteiger partial charge in [0.05, 0.1) is 19.8 Å². The molecule has 4 nitrogen and oxygen atoms in total. The number of carbonyl (C=O) groups excluding carboxylic acids is 1. The Balaban J connectivity index is 2.12. The van der Waals surface area contributed by atoms with Gasteiger partial charge in [0.2, 0.25) is 5.91 Å². The van der Waals surface area contributed by atoms with E-state index in [0.29, 0.717) is 28.3 Å². The highest BCUT2D eigenvalue weighted by Crippen LogP contribution is 2.43. The molecular formula is C18H16F3NO3. The summed E-state index contributed by atoms with van der Waals surface area (Å²) in [6.45, 7) is 0. The molecule has 1 amide bonds. The quantitative estimate of drug-likeness (QED) is 0.902. The van der Waals surface area contributed by atoms with Crippen LogP contribution in [0.3, 0.4) is 0 Å². The molecule has 1 N–H and O–H groups in total. The first kappa shape index (κ1) is 17.1. The SMILES string of the molecule is COc1cc2c(cc1OC)[C@@H](c1cccc(C(F)(F)F)c1)CC(=O)N2. The van der Waals surface area contributed by atoms with Crippen molar-refractivity contribution in [3.63, 3.8) is 0 Å². The highest BCUT2D eigenvalue weighted by Gasteiger charge is 2.33. The Bertz CT molecular complexity index is 818. The predicted octanol–water partition coefficient (Wildman–Crippen LogP) is 4.20. The third-order valence-electron chi connectivity index (χ3n) is 4.21. The zero-order valence-corrected chi connectivity index (χ0v) is 13.6. The van der Waals surface area contributed by atoms with E-state index in [-0.39, 0.29) is 12.3 Å². The Morgan fingerprint density at radius 3 is 2.40 bits per heavy atom. The van der Waals surface area contributed by atoms with E-state index in [2.05, 4.69) is 5.32 Å². The molecule has 0 unspecified atom stereocenters. The summed E-state index contributed by atoms with van der Waals surface area (Å²) in [4.78, 5) is 12.0. The van der Waals surface area contributed by atoms with Crippen molar-refractivity contribution >= 4 is 11.6 Å². The van der Waals surface area contributed by atoms with E-state index < -0.39 is 17.7 Å². The molecule has 2 aromatic carbocycles. The summed E-state index contributed by atoms with van der Waals surface area (Å²) in [6, 6.07) is 8.36. The highest BCUT2D eigenvalue weighted by molar-refractivity contribution is 5.96. The third-order valence-corrected chi connectivity index (χ3v) is 4.21. The number of halogens is 3. The van der Waals surface area contributed by atoms with Crippen molar-refractivity contribution in [3.05, 3.63) is 53.1 Å². The van der Waals surface area contributed by atoms with Gasteiger partial charge in [0, 0.05) is 24.1 Å². The first-order chi connectivity index (χ1) is 11.8. The number of ether oxygens (including phenoxy) is 2. The van der Waals surface area contributed by atoms with Crippen molar-refractivity contribution in [1.29, 1.82) is 0 Å². The van der Waals surface area contributed by atoms with E-state index in [4.69, 9.17) is 9.47 Å². The zero-order valence-electron chi connectivity index (χ0n) is 13.6. The molecule has 0 fully saturated rings. The topological polar surface area (TPSA) is 47.6 Å². The normalized spacial score (nSPS) is 16.8. The van der Waals surface area contributed by atoms with Gasteiger partial charge in [0.25, 0.3) is 0 Å². The second-order valence-corrected chi connectivity index (χ2v) is 5.72. The molecule has 0 spiro atoms. The number of rotatable bonds is 3. The van der Waals surface area contributed by atoms with Gasteiger partial charge in [0.15, 0.2) is 11.5 Å². The van der Waals surface area contributed by atoms with Crippen molar-refractivity contribution in [1.82, 2.24) is 0 Å². The predicted molar refractivity (Wildman–Crippen MR) is 86.1 cm³/mol. The van der Waals surface area contributed by atoms with E-state index in [9.17, 15) is 18.0 Å². The Hall–Kier alpha value is -2.70. The summed E-state index contributed by atoms with van der Waals surface area (Å²) < 4.78 is 49.5. The minimum atomic E-state index is -4.44. The lowest BCUT2D eigenvalue weighted by molar-refractivity contribution is -0.137. The van der Waals surface area contributed by atoms with E-state index in [1.807, 2.05) is 0 Å². The average molecular weight is 351 g/mol. The van der Waals surface area contributed by atoms with E-state index >= 15 is 0 Å². The molecular weight excluding hydrogens is 335 g/mol. The smallest absolute Gasteiger partial charge is 0.416 e. The van der Waals surface area contributed by atoms with Crippen LogP contribution in [0.25, 0.3) is 0 Å². The number of alkyl halides is 3. The minimum Gasteiger partial charge on any atom is -0.493 e. The number of carbonyl (C=O) groups is 1. The van der Waals surface area contributed by atoms with Crippen LogP contribution in [0.15, 0.2) is 36.4 Å². The second-order valence-electron chi connectivity index (χ2n) is 5.72. The van der Waals surface area contributed by atoms with Crippen LogP contribution in [0.2, 0.25) is 0 Å². The summed E-state index contributed by atoms with van der Waals surface area (Å²) in [5.41, 5.74) is 0.893.